The molecular weight excluding hydrogens is 396 g/mol. The molecule has 1 aromatic rings. The van der Waals surface area contributed by atoms with Crippen LogP contribution in [0, 0.1) is 23.3 Å². The van der Waals surface area contributed by atoms with Crippen molar-refractivity contribution in [1.82, 2.24) is 0 Å². The third-order valence-corrected chi connectivity index (χ3v) is 3.94. The molecule has 0 aliphatic rings. The van der Waals surface area contributed by atoms with Gasteiger partial charge >= 0.3 is 12.2 Å². The lowest BCUT2D eigenvalue weighted by atomic mass is 10.1. The first-order chi connectivity index (χ1) is 12.3. The van der Waals surface area contributed by atoms with Gasteiger partial charge in [-0.15, -0.1) is 0 Å². The van der Waals surface area contributed by atoms with Gasteiger partial charge in [0.2, 0.25) is 0 Å². The van der Waals surface area contributed by atoms with Crippen molar-refractivity contribution in [1.29, 1.82) is 0 Å². The Balaban J connectivity index is 2.68. The number of halogens is 10. The third kappa shape index (κ3) is 6.17. The van der Waals surface area contributed by atoms with Crippen molar-refractivity contribution in [2.45, 2.75) is 56.9 Å². The zero-order valence-electron chi connectivity index (χ0n) is 14.1. The molecule has 0 aliphatic heterocycles. The molecule has 0 aromatic heterocycles. The molecule has 0 spiro atoms. The Kier molecular flexibility index (Phi) is 7.79. The van der Waals surface area contributed by atoms with Crippen molar-refractivity contribution in [3.05, 3.63) is 29.3 Å². The molecule has 0 radical (unpaired) electrons. The standard InChI is InChI=1S/C16H17F10N/c1-27(10-8-9(17)12(19)14(21)13(10)20)16(25,26)11(18)6-4-2-3-5-7-15(22,23)24/h8,11H,2-7H2,1H3. The molecule has 11 heteroatoms. The molecule has 0 heterocycles. The third-order valence-electron chi connectivity index (χ3n) is 3.94. The van der Waals surface area contributed by atoms with Gasteiger partial charge in [-0.2, -0.15) is 22.0 Å². The summed E-state index contributed by atoms with van der Waals surface area (Å²) in [5, 5.41) is 0. The summed E-state index contributed by atoms with van der Waals surface area (Å²) < 4.78 is 131. The fourth-order valence-corrected chi connectivity index (χ4v) is 2.35. The summed E-state index contributed by atoms with van der Waals surface area (Å²) in [6, 6.07) is -4.41. The fraction of sp³-hybridized carbons (Fsp3) is 0.625. The van der Waals surface area contributed by atoms with Crippen molar-refractivity contribution in [2.75, 3.05) is 11.9 Å². The summed E-state index contributed by atoms with van der Waals surface area (Å²) >= 11 is 0. The lowest BCUT2D eigenvalue weighted by Crippen LogP contribution is -2.47. The van der Waals surface area contributed by atoms with Gasteiger partial charge < -0.3 is 4.90 Å². The minimum absolute atomic E-state index is 0.0223. The van der Waals surface area contributed by atoms with Crippen LogP contribution in [-0.4, -0.2) is 25.4 Å². The van der Waals surface area contributed by atoms with Crippen LogP contribution in [0.5, 0.6) is 0 Å². The lowest BCUT2D eigenvalue weighted by molar-refractivity contribution is -0.135. The van der Waals surface area contributed by atoms with Crippen molar-refractivity contribution >= 4 is 5.69 Å². The number of rotatable bonds is 9. The second kappa shape index (κ2) is 9.01. The molecule has 1 aromatic carbocycles. The molecule has 0 fully saturated rings. The van der Waals surface area contributed by atoms with Gasteiger partial charge in [0.05, 0.1) is 5.69 Å². The van der Waals surface area contributed by atoms with Crippen molar-refractivity contribution in [2.24, 2.45) is 0 Å². The Bertz CT molecular complexity index is 629. The predicted molar refractivity (Wildman–Crippen MR) is 78.3 cm³/mol. The van der Waals surface area contributed by atoms with Crippen LogP contribution in [-0.2, 0) is 0 Å². The van der Waals surface area contributed by atoms with Crippen molar-refractivity contribution < 1.29 is 43.9 Å². The molecule has 27 heavy (non-hydrogen) atoms. The van der Waals surface area contributed by atoms with E-state index in [1.807, 2.05) is 0 Å². The number of unbranched alkanes of at least 4 members (excludes halogenated alkanes) is 3. The predicted octanol–water partition coefficient (Wildman–Crippen LogP) is 6.51. The zero-order valence-corrected chi connectivity index (χ0v) is 14.1. The van der Waals surface area contributed by atoms with Crippen LogP contribution in [0.15, 0.2) is 6.07 Å². The van der Waals surface area contributed by atoms with Gasteiger partial charge in [-0.25, -0.2) is 22.0 Å². The molecule has 0 bridgehead atoms. The van der Waals surface area contributed by atoms with E-state index >= 15 is 0 Å². The molecule has 1 atom stereocenters. The quantitative estimate of drug-likeness (QED) is 0.147. The molecule has 0 saturated carbocycles. The maximum atomic E-state index is 14.1. The van der Waals surface area contributed by atoms with E-state index in [4.69, 9.17) is 0 Å². The second-order valence-corrected chi connectivity index (χ2v) is 6.00. The number of hydrogen-bond acceptors (Lipinski definition) is 1. The minimum Gasteiger partial charge on any atom is -0.311 e. The smallest absolute Gasteiger partial charge is 0.311 e. The number of benzene rings is 1. The Morgan fingerprint density at radius 2 is 1.41 bits per heavy atom. The molecule has 0 N–H and O–H groups in total. The van der Waals surface area contributed by atoms with Gasteiger partial charge in [-0.3, -0.25) is 0 Å². The first-order valence-electron chi connectivity index (χ1n) is 7.94. The van der Waals surface area contributed by atoms with E-state index in [1.54, 1.807) is 0 Å². The molecule has 1 unspecified atom stereocenters. The average molecular weight is 413 g/mol. The molecule has 1 rings (SSSR count). The highest BCUT2D eigenvalue weighted by molar-refractivity contribution is 5.49. The Morgan fingerprint density at radius 3 is 1.96 bits per heavy atom. The van der Waals surface area contributed by atoms with E-state index in [1.165, 1.54) is 0 Å². The van der Waals surface area contributed by atoms with E-state index in [9.17, 15) is 43.9 Å². The number of alkyl halides is 6. The first-order valence-corrected chi connectivity index (χ1v) is 7.94. The first kappa shape index (κ1) is 23.4. The van der Waals surface area contributed by atoms with Crippen LogP contribution in [0.2, 0.25) is 0 Å². The Hall–Kier alpha value is -1.68. The summed E-state index contributed by atoms with van der Waals surface area (Å²) in [7, 11) is 0.477. The SMILES string of the molecule is CN(c1cc(F)c(F)c(F)c1F)C(F)(F)C(F)CCCCCCC(F)(F)F. The molecule has 0 amide bonds. The van der Waals surface area contributed by atoms with E-state index in [0.29, 0.717) is 7.05 Å². The summed E-state index contributed by atoms with van der Waals surface area (Å²) in [6.45, 7) is 0. The zero-order chi connectivity index (χ0) is 21.0. The lowest BCUT2D eigenvalue weighted by Gasteiger charge is -2.32. The van der Waals surface area contributed by atoms with Gasteiger partial charge in [0, 0.05) is 19.5 Å². The monoisotopic (exact) mass is 413 g/mol. The van der Waals surface area contributed by atoms with Crippen LogP contribution in [0.1, 0.15) is 38.5 Å². The summed E-state index contributed by atoms with van der Waals surface area (Å²) in [4.78, 5) is -0.345. The van der Waals surface area contributed by atoms with E-state index in [-0.39, 0.29) is 36.6 Å². The van der Waals surface area contributed by atoms with Gasteiger partial charge in [0.15, 0.2) is 29.4 Å². The normalized spacial score (nSPS) is 13.7. The van der Waals surface area contributed by atoms with Crippen LogP contribution >= 0.6 is 0 Å². The summed E-state index contributed by atoms with van der Waals surface area (Å²) in [5.74, 6) is -8.53. The molecule has 156 valence electrons. The van der Waals surface area contributed by atoms with Gasteiger partial charge in [0.1, 0.15) is 0 Å². The molecule has 0 aliphatic carbocycles. The summed E-state index contributed by atoms with van der Waals surface area (Å²) in [6.07, 6.45) is -9.31. The Labute approximate surface area is 148 Å². The molecular formula is C16H17F10N. The van der Waals surface area contributed by atoms with Crippen LogP contribution in [0.4, 0.5) is 49.6 Å². The average Bonchev–Trinajstić information content (AvgIpc) is 2.57. The molecule has 1 nitrogen and oxygen atoms in total. The van der Waals surface area contributed by atoms with Crippen LogP contribution < -0.4 is 4.90 Å². The van der Waals surface area contributed by atoms with Crippen molar-refractivity contribution in [3.8, 4) is 0 Å². The largest absolute Gasteiger partial charge is 0.389 e. The van der Waals surface area contributed by atoms with E-state index in [2.05, 4.69) is 0 Å². The second-order valence-electron chi connectivity index (χ2n) is 6.00. The maximum absolute atomic E-state index is 14.1. The number of hydrogen-bond donors (Lipinski definition) is 0. The minimum atomic E-state index is -4.39. The Morgan fingerprint density at radius 1 is 0.852 bits per heavy atom. The number of anilines is 1. The van der Waals surface area contributed by atoms with E-state index in [0.717, 1.165) is 0 Å². The number of nitrogens with zero attached hydrogens (tertiary/aromatic N) is 1. The highest BCUT2D eigenvalue weighted by atomic mass is 19.4. The topological polar surface area (TPSA) is 3.24 Å². The van der Waals surface area contributed by atoms with Gasteiger partial charge in [-0.1, -0.05) is 19.3 Å². The van der Waals surface area contributed by atoms with E-state index < -0.39 is 60.2 Å². The van der Waals surface area contributed by atoms with Crippen molar-refractivity contribution in [3.63, 3.8) is 0 Å². The highest BCUT2D eigenvalue weighted by Crippen LogP contribution is 2.36. The van der Waals surface area contributed by atoms with Gasteiger partial charge in [0.25, 0.3) is 0 Å². The van der Waals surface area contributed by atoms with Gasteiger partial charge in [-0.05, 0) is 12.8 Å². The molecule has 0 saturated heterocycles. The van der Waals surface area contributed by atoms with Crippen LogP contribution in [0.25, 0.3) is 0 Å². The maximum Gasteiger partial charge on any atom is 0.389 e. The highest BCUT2D eigenvalue weighted by Gasteiger charge is 2.45. The van der Waals surface area contributed by atoms with Crippen LogP contribution in [0.3, 0.4) is 0 Å². The summed E-state index contributed by atoms with van der Waals surface area (Å²) in [5.41, 5.74) is -1.37. The fourth-order valence-electron chi connectivity index (χ4n) is 2.35.